The fourth-order valence-corrected chi connectivity index (χ4v) is 1.70. The Hall–Kier alpha value is -0.670. The number of hydrogen-bond donors (Lipinski definition) is 0. The maximum atomic E-state index is 11.1. The van der Waals surface area contributed by atoms with Crippen LogP contribution < -0.4 is 0 Å². The highest BCUT2D eigenvalue weighted by molar-refractivity contribution is 5.94. The molecule has 0 unspecified atom stereocenters. The van der Waals surface area contributed by atoms with Crippen LogP contribution in [0.2, 0.25) is 0 Å². The number of carbonyl (C=O) groups is 1. The molecule has 3 nitrogen and oxygen atoms in total. The molecule has 1 saturated heterocycles. The lowest BCUT2D eigenvalue weighted by Crippen LogP contribution is -2.25. The standard InChI is InChI=1S/C9H12O3/c1-2-11-9-5-8-6(10)3-4-7(9)12-8/h3-4,7-9H,2,5H2,1H3/t7-,8-,9-/m1/s1. The van der Waals surface area contributed by atoms with Crippen LogP contribution in [-0.2, 0) is 14.3 Å². The van der Waals surface area contributed by atoms with Gasteiger partial charge in [0.05, 0.1) is 6.10 Å². The van der Waals surface area contributed by atoms with E-state index in [1.54, 1.807) is 12.2 Å². The van der Waals surface area contributed by atoms with Crippen molar-refractivity contribution in [3.8, 4) is 0 Å². The van der Waals surface area contributed by atoms with Crippen molar-refractivity contribution in [3.63, 3.8) is 0 Å². The molecule has 1 fully saturated rings. The molecule has 2 aliphatic heterocycles. The van der Waals surface area contributed by atoms with E-state index in [-0.39, 0.29) is 24.1 Å². The van der Waals surface area contributed by atoms with E-state index in [1.807, 2.05) is 6.92 Å². The monoisotopic (exact) mass is 168 g/mol. The van der Waals surface area contributed by atoms with Crippen molar-refractivity contribution in [1.82, 2.24) is 0 Å². The van der Waals surface area contributed by atoms with Crippen LogP contribution in [0.4, 0.5) is 0 Å². The molecular formula is C9H12O3. The number of ether oxygens (including phenoxy) is 2. The van der Waals surface area contributed by atoms with Gasteiger partial charge in [-0.2, -0.15) is 0 Å². The van der Waals surface area contributed by atoms with Crippen LogP contribution in [0.15, 0.2) is 12.2 Å². The van der Waals surface area contributed by atoms with Crippen LogP contribution in [0.3, 0.4) is 0 Å². The molecule has 0 aromatic carbocycles. The molecule has 0 amide bonds. The summed E-state index contributed by atoms with van der Waals surface area (Å²) < 4.78 is 10.8. The zero-order chi connectivity index (χ0) is 8.55. The third-order valence-corrected chi connectivity index (χ3v) is 2.28. The van der Waals surface area contributed by atoms with Crippen molar-refractivity contribution in [2.24, 2.45) is 0 Å². The van der Waals surface area contributed by atoms with Crippen molar-refractivity contribution < 1.29 is 14.3 Å². The minimum atomic E-state index is -0.239. The minimum absolute atomic E-state index is 0.00708. The molecule has 2 rings (SSSR count). The predicted octanol–water partition coefficient (Wildman–Crippen LogP) is 0.688. The molecular weight excluding hydrogens is 156 g/mol. The van der Waals surface area contributed by atoms with E-state index in [9.17, 15) is 4.79 Å². The summed E-state index contributed by atoms with van der Waals surface area (Å²) in [4.78, 5) is 11.1. The topological polar surface area (TPSA) is 35.5 Å². The smallest absolute Gasteiger partial charge is 0.184 e. The van der Waals surface area contributed by atoms with Crippen molar-refractivity contribution in [2.45, 2.75) is 31.7 Å². The number of fused-ring (bicyclic) bond motifs is 2. The van der Waals surface area contributed by atoms with E-state index in [4.69, 9.17) is 9.47 Å². The number of rotatable bonds is 2. The minimum Gasteiger partial charge on any atom is -0.375 e. The van der Waals surface area contributed by atoms with E-state index < -0.39 is 0 Å². The average Bonchev–Trinajstić information content (AvgIpc) is 2.39. The van der Waals surface area contributed by atoms with E-state index in [2.05, 4.69) is 0 Å². The largest absolute Gasteiger partial charge is 0.375 e. The Morgan fingerprint density at radius 3 is 3.25 bits per heavy atom. The van der Waals surface area contributed by atoms with Gasteiger partial charge in [0.25, 0.3) is 0 Å². The molecule has 0 aromatic heterocycles. The van der Waals surface area contributed by atoms with Gasteiger partial charge in [-0.05, 0) is 19.1 Å². The van der Waals surface area contributed by atoms with Gasteiger partial charge in [0.15, 0.2) is 5.78 Å². The lowest BCUT2D eigenvalue weighted by atomic mass is 10.1. The Balaban J connectivity index is 2.07. The molecule has 0 N–H and O–H groups in total. The normalized spacial score (nSPS) is 39.1. The SMILES string of the molecule is CCO[C@@H]1C[C@H]2O[C@@H]1C=CC2=O. The molecule has 12 heavy (non-hydrogen) atoms. The quantitative estimate of drug-likeness (QED) is 0.608. The highest BCUT2D eigenvalue weighted by Gasteiger charge is 2.39. The molecule has 2 aliphatic rings. The second-order valence-electron chi connectivity index (χ2n) is 3.08. The third-order valence-electron chi connectivity index (χ3n) is 2.28. The number of hydrogen-bond acceptors (Lipinski definition) is 3. The van der Waals surface area contributed by atoms with E-state index in [0.717, 1.165) is 0 Å². The molecule has 0 saturated carbocycles. The summed E-state index contributed by atoms with van der Waals surface area (Å²) in [5.74, 6) is 0.0773. The molecule has 0 aliphatic carbocycles. The summed E-state index contributed by atoms with van der Waals surface area (Å²) >= 11 is 0. The van der Waals surface area contributed by atoms with Gasteiger partial charge in [-0.15, -0.1) is 0 Å². The predicted molar refractivity (Wildman–Crippen MR) is 42.8 cm³/mol. The van der Waals surface area contributed by atoms with Gasteiger partial charge in [-0.3, -0.25) is 4.79 Å². The van der Waals surface area contributed by atoms with Crippen molar-refractivity contribution in [2.75, 3.05) is 6.61 Å². The van der Waals surface area contributed by atoms with Crippen LogP contribution in [0.1, 0.15) is 13.3 Å². The van der Waals surface area contributed by atoms with Crippen molar-refractivity contribution >= 4 is 5.78 Å². The van der Waals surface area contributed by atoms with Gasteiger partial charge in [-0.1, -0.05) is 0 Å². The molecule has 3 heteroatoms. The van der Waals surface area contributed by atoms with Crippen molar-refractivity contribution in [1.29, 1.82) is 0 Å². The molecule has 0 aromatic rings. The Morgan fingerprint density at radius 1 is 1.75 bits per heavy atom. The first-order chi connectivity index (χ1) is 5.81. The highest BCUT2D eigenvalue weighted by Crippen LogP contribution is 2.28. The molecule has 2 bridgehead atoms. The summed E-state index contributed by atoms with van der Waals surface area (Å²) in [5, 5.41) is 0. The average molecular weight is 168 g/mol. The van der Waals surface area contributed by atoms with Crippen LogP contribution >= 0.6 is 0 Å². The number of ketones is 1. The Labute approximate surface area is 71.3 Å². The van der Waals surface area contributed by atoms with Crippen LogP contribution in [-0.4, -0.2) is 30.7 Å². The maximum Gasteiger partial charge on any atom is 0.184 e. The first-order valence-corrected chi connectivity index (χ1v) is 4.30. The zero-order valence-electron chi connectivity index (χ0n) is 7.03. The molecule has 2 heterocycles. The molecule has 0 spiro atoms. The zero-order valence-corrected chi connectivity index (χ0v) is 7.03. The van der Waals surface area contributed by atoms with Gasteiger partial charge >= 0.3 is 0 Å². The summed E-state index contributed by atoms with van der Waals surface area (Å²) in [5.41, 5.74) is 0. The van der Waals surface area contributed by atoms with Gasteiger partial charge in [0.2, 0.25) is 0 Å². The molecule has 3 atom stereocenters. The van der Waals surface area contributed by atoms with E-state index in [1.165, 1.54) is 0 Å². The fourth-order valence-electron chi connectivity index (χ4n) is 1.70. The summed E-state index contributed by atoms with van der Waals surface area (Å²) in [6.45, 7) is 2.63. The Kier molecular flexibility index (Phi) is 1.98. The number of carbonyl (C=O) groups excluding carboxylic acids is 1. The maximum absolute atomic E-state index is 11.1. The summed E-state index contributed by atoms with van der Waals surface area (Å²) in [7, 11) is 0. The Morgan fingerprint density at radius 2 is 2.58 bits per heavy atom. The van der Waals surface area contributed by atoms with E-state index >= 15 is 0 Å². The van der Waals surface area contributed by atoms with Gasteiger partial charge in [0.1, 0.15) is 12.2 Å². The van der Waals surface area contributed by atoms with Gasteiger partial charge in [-0.25, -0.2) is 0 Å². The lowest BCUT2D eigenvalue weighted by molar-refractivity contribution is -0.125. The summed E-state index contributed by atoms with van der Waals surface area (Å²) in [6.07, 6.45) is 3.97. The van der Waals surface area contributed by atoms with Crippen LogP contribution in [0, 0.1) is 0 Å². The lowest BCUT2D eigenvalue weighted by Gasteiger charge is -2.15. The molecule has 0 radical (unpaired) electrons. The van der Waals surface area contributed by atoms with Crippen molar-refractivity contribution in [3.05, 3.63) is 12.2 Å². The van der Waals surface area contributed by atoms with Gasteiger partial charge in [0, 0.05) is 13.0 Å². The van der Waals surface area contributed by atoms with E-state index in [0.29, 0.717) is 13.0 Å². The van der Waals surface area contributed by atoms with Crippen LogP contribution in [0.25, 0.3) is 0 Å². The first-order valence-electron chi connectivity index (χ1n) is 4.30. The Bertz CT molecular complexity index is 222. The van der Waals surface area contributed by atoms with Crippen LogP contribution in [0.5, 0.6) is 0 Å². The second-order valence-corrected chi connectivity index (χ2v) is 3.08. The molecule has 66 valence electrons. The van der Waals surface area contributed by atoms with Gasteiger partial charge < -0.3 is 9.47 Å². The third kappa shape index (κ3) is 1.19. The first kappa shape index (κ1) is 7.95. The summed E-state index contributed by atoms with van der Waals surface area (Å²) in [6, 6.07) is 0. The second kappa shape index (κ2) is 2.99. The highest BCUT2D eigenvalue weighted by atomic mass is 16.6. The fraction of sp³-hybridized carbons (Fsp3) is 0.667.